The van der Waals surface area contributed by atoms with Crippen LogP contribution in [0, 0.1) is 11.8 Å². The van der Waals surface area contributed by atoms with Crippen molar-refractivity contribution in [3.8, 4) is 0 Å². The van der Waals surface area contributed by atoms with Gasteiger partial charge in [-0.1, -0.05) is 19.3 Å². The summed E-state index contributed by atoms with van der Waals surface area (Å²) in [5.41, 5.74) is 0. The van der Waals surface area contributed by atoms with E-state index in [0.717, 1.165) is 6.54 Å². The van der Waals surface area contributed by atoms with Gasteiger partial charge in [0.05, 0.1) is 0 Å². The number of piperidine rings is 1. The van der Waals surface area contributed by atoms with Gasteiger partial charge in [0.25, 0.3) is 10.2 Å². The van der Waals surface area contributed by atoms with Gasteiger partial charge in [0.15, 0.2) is 0 Å². The van der Waals surface area contributed by atoms with E-state index in [4.69, 9.17) is 5.14 Å². The van der Waals surface area contributed by atoms with Crippen LogP contribution in [0.5, 0.6) is 0 Å². The zero-order valence-electron chi connectivity index (χ0n) is 11.9. The number of carbonyl (C=O) groups is 1. The van der Waals surface area contributed by atoms with E-state index in [-0.39, 0.29) is 11.8 Å². The molecule has 1 aliphatic heterocycles. The minimum Gasteiger partial charge on any atom is -0.356 e. The summed E-state index contributed by atoms with van der Waals surface area (Å²) in [5.74, 6) is 0.624. The summed E-state index contributed by atoms with van der Waals surface area (Å²) in [5, 5.41) is 8.12. The van der Waals surface area contributed by atoms with Gasteiger partial charge >= 0.3 is 0 Å². The Balaban J connectivity index is 1.71. The monoisotopic (exact) mass is 303 g/mol. The molecule has 0 aromatic carbocycles. The Labute approximate surface area is 121 Å². The van der Waals surface area contributed by atoms with Gasteiger partial charge in [-0.15, -0.1) is 0 Å². The number of nitrogens with one attached hydrogen (secondary N) is 1. The van der Waals surface area contributed by atoms with Crippen molar-refractivity contribution in [3.63, 3.8) is 0 Å². The van der Waals surface area contributed by atoms with Gasteiger partial charge in [-0.2, -0.15) is 12.7 Å². The first-order valence-corrected chi connectivity index (χ1v) is 9.02. The summed E-state index contributed by atoms with van der Waals surface area (Å²) in [6.45, 7) is 1.47. The fraction of sp³-hybridized carbons (Fsp3) is 0.923. The second-order valence-electron chi connectivity index (χ2n) is 5.97. The quantitative estimate of drug-likeness (QED) is 0.796. The molecule has 1 aliphatic carbocycles. The zero-order chi connectivity index (χ0) is 14.6. The molecule has 3 N–H and O–H groups in total. The van der Waals surface area contributed by atoms with E-state index < -0.39 is 10.2 Å². The molecule has 0 aromatic rings. The lowest BCUT2D eigenvalue weighted by Gasteiger charge is -2.29. The maximum absolute atomic E-state index is 12.1. The predicted octanol–water partition coefficient (Wildman–Crippen LogP) is 0.598. The fourth-order valence-corrected chi connectivity index (χ4v) is 3.87. The van der Waals surface area contributed by atoms with Gasteiger partial charge in [0.1, 0.15) is 0 Å². The number of hydrogen-bond donors (Lipinski definition) is 2. The van der Waals surface area contributed by atoms with E-state index in [1.165, 1.54) is 36.4 Å². The van der Waals surface area contributed by atoms with Crippen LogP contribution in [0.25, 0.3) is 0 Å². The molecule has 1 saturated heterocycles. The number of rotatable bonds is 4. The molecule has 2 aliphatic rings. The molecular formula is C13H25N3O3S. The Morgan fingerprint density at radius 1 is 1.10 bits per heavy atom. The molecule has 0 unspecified atom stereocenters. The summed E-state index contributed by atoms with van der Waals surface area (Å²) in [6.07, 6.45) is 7.41. The third-order valence-electron chi connectivity index (χ3n) is 4.47. The summed E-state index contributed by atoms with van der Waals surface area (Å²) >= 11 is 0. The molecule has 1 heterocycles. The minimum atomic E-state index is -3.60. The van der Waals surface area contributed by atoms with Crippen LogP contribution in [0.1, 0.15) is 44.9 Å². The first kappa shape index (κ1) is 15.7. The van der Waals surface area contributed by atoms with Crippen molar-refractivity contribution in [3.05, 3.63) is 0 Å². The molecular weight excluding hydrogens is 278 g/mol. The van der Waals surface area contributed by atoms with Gasteiger partial charge in [0.2, 0.25) is 5.91 Å². The molecule has 7 heteroatoms. The third kappa shape index (κ3) is 4.43. The zero-order valence-corrected chi connectivity index (χ0v) is 12.7. The average Bonchev–Trinajstić information content (AvgIpc) is 2.45. The molecule has 0 aromatic heterocycles. The van der Waals surface area contributed by atoms with Crippen molar-refractivity contribution in [2.75, 3.05) is 19.6 Å². The molecule has 0 radical (unpaired) electrons. The van der Waals surface area contributed by atoms with Crippen molar-refractivity contribution in [1.82, 2.24) is 9.62 Å². The first-order valence-electron chi connectivity index (χ1n) is 7.52. The molecule has 6 nitrogen and oxygen atoms in total. The highest BCUT2D eigenvalue weighted by Gasteiger charge is 2.29. The molecule has 0 bridgehead atoms. The SMILES string of the molecule is NS(=O)(=O)N1CCC(C(=O)NCC2CCCCC2)CC1. The van der Waals surface area contributed by atoms with Crippen LogP contribution >= 0.6 is 0 Å². The summed E-state index contributed by atoms with van der Waals surface area (Å²) in [6, 6.07) is 0. The van der Waals surface area contributed by atoms with Crippen molar-refractivity contribution >= 4 is 16.1 Å². The molecule has 116 valence electrons. The average molecular weight is 303 g/mol. The highest BCUT2D eigenvalue weighted by atomic mass is 32.2. The molecule has 2 rings (SSSR count). The van der Waals surface area contributed by atoms with E-state index in [9.17, 15) is 13.2 Å². The topological polar surface area (TPSA) is 92.5 Å². The van der Waals surface area contributed by atoms with E-state index in [1.807, 2.05) is 0 Å². The summed E-state index contributed by atoms with van der Waals surface area (Å²) in [4.78, 5) is 12.1. The molecule has 1 amide bonds. The standard InChI is InChI=1S/C13H25N3O3S/c14-20(18,19)16-8-6-12(7-9-16)13(17)15-10-11-4-2-1-3-5-11/h11-12H,1-10H2,(H,15,17)(H2,14,18,19). The minimum absolute atomic E-state index is 0.0726. The van der Waals surface area contributed by atoms with Crippen LogP contribution in [-0.2, 0) is 15.0 Å². The third-order valence-corrected chi connectivity index (χ3v) is 5.56. The van der Waals surface area contributed by atoms with Gasteiger partial charge < -0.3 is 5.32 Å². The Bertz CT molecular complexity index is 424. The van der Waals surface area contributed by atoms with Gasteiger partial charge in [0, 0.05) is 25.6 Å². The second kappa shape index (κ2) is 6.87. The van der Waals surface area contributed by atoms with Gasteiger partial charge in [-0.3, -0.25) is 4.79 Å². The molecule has 2 fully saturated rings. The van der Waals surface area contributed by atoms with Gasteiger partial charge in [-0.05, 0) is 31.6 Å². The lowest BCUT2D eigenvalue weighted by Crippen LogP contribution is -2.45. The molecule has 1 saturated carbocycles. The van der Waals surface area contributed by atoms with E-state index >= 15 is 0 Å². The first-order chi connectivity index (χ1) is 9.47. The molecule has 0 atom stereocenters. The number of carbonyl (C=O) groups excluding carboxylic acids is 1. The fourth-order valence-electron chi connectivity index (χ4n) is 3.15. The highest BCUT2D eigenvalue weighted by molar-refractivity contribution is 7.86. The largest absolute Gasteiger partial charge is 0.356 e. The molecule has 0 spiro atoms. The van der Waals surface area contributed by atoms with Gasteiger partial charge in [-0.25, -0.2) is 5.14 Å². The van der Waals surface area contributed by atoms with Crippen LogP contribution in [0.4, 0.5) is 0 Å². The number of hydrogen-bond acceptors (Lipinski definition) is 3. The van der Waals surface area contributed by atoms with E-state index in [1.54, 1.807) is 0 Å². The van der Waals surface area contributed by atoms with Crippen LogP contribution in [0.3, 0.4) is 0 Å². The Morgan fingerprint density at radius 3 is 2.25 bits per heavy atom. The predicted molar refractivity (Wildman–Crippen MR) is 77.0 cm³/mol. The van der Waals surface area contributed by atoms with Crippen LogP contribution < -0.4 is 10.5 Å². The van der Waals surface area contributed by atoms with Crippen LogP contribution in [-0.4, -0.2) is 38.3 Å². The van der Waals surface area contributed by atoms with Crippen molar-refractivity contribution in [2.45, 2.75) is 44.9 Å². The summed E-state index contributed by atoms with van der Waals surface area (Å²) in [7, 11) is -3.60. The second-order valence-corrected chi connectivity index (χ2v) is 7.51. The van der Waals surface area contributed by atoms with Crippen LogP contribution in [0.15, 0.2) is 0 Å². The normalized spacial score (nSPS) is 23.6. The van der Waals surface area contributed by atoms with E-state index in [2.05, 4.69) is 5.32 Å². The highest BCUT2D eigenvalue weighted by Crippen LogP contribution is 2.23. The maximum atomic E-state index is 12.1. The lowest BCUT2D eigenvalue weighted by molar-refractivity contribution is -0.126. The number of nitrogens with zero attached hydrogens (tertiary/aromatic N) is 1. The van der Waals surface area contributed by atoms with E-state index in [0.29, 0.717) is 31.8 Å². The number of nitrogens with two attached hydrogens (primary N) is 1. The Morgan fingerprint density at radius 2 is 1.70 bits per heavy atom. The maximum Gasteiger partial charge on any atom is 0.276 e. The van der Waals surface area contributed by atoms with Crippen molar-refractivity contribution in [2.24, 2.45) is 17.0 Å². The van der Waals surface area contributed by atoms with Crippen molar-refractivity contribution < 1.29 is 13.2 Å². The Kier molecular flexibility index (Phi) is 5.40. The Hall–Kier alpha value is -0.660. The number of amides is 1. The van der Waals surface area contributed by atoms with Crippen molar-refractivity contribution in [1.29, 1.82) is 0 Å². The van der Waals surface area contributed by atoms with Crippen LogP contribution in [0.2, 0.25) is 0 Å². The molecule has 20 heavy (non-hydrogen) atoms. The smallest absolute Gasteiger partial charge is 0.276 e. The summed E-state index contributed by atoms with van der Waals surface area (Å²) < 4.78 is 23.6. The lowest BCUT2D eigenvalue weighted by atomic mass is 9.89.